The first-order valence-electron chi connectivity index (χ1n) is 8.53. The van der Waals surface area contributed by atoms with E-state index in [-0.39, 0.29) is 42.9 Å². The first-order valence-corrected chi connectivity index (χ1v) is 10.0. The maximum absolute atomic E-state index is 12.2. The van der Waals surface area contributed by atoms with Gasteiger partial charge in [-0.25, -0.2) is 13.1 Å². The number of nitrogens with one attached hydrogen (secondary N) is 2. The normalized spacial score (nSPS) is 10.9. The average Bonchev–Trinajstić information content (AvgIpc) is 2.59. The van der Waals surface area contributed by atoms with E-state index in [0.717, 1.165) is 16.7 Å². The summed E-state index contributed by atoms with van der Waals surface area (Å²) in [5, 5.41) is 2.65. The number of halogens is 1. The number of carbonyl (C=O) groups is 1. The highest BCUT2D eigenvalue weighted by molar-refractivity contribution is 7.89. The van der Waals surface area contributed by atoms with Gasteiger partial charge in [-0.15, -0.1) is 12.4 Å². The van der Waals surface area contributed by atoms with Gasteiger partial charge in [0.05, 0.1) is 4.90 Å². The Morgan fingerprint density at radius 3 is 2.36 bits per heavy atom. The van der Waals surface area contributed by atoms with Crippen molar-refractivity contribution in [1.29, 1.82) is 0 Å². The largest absolute Gasteiger partial charge is 0.483 e. The lowest BCUT2D eigenvalue weighted by Gasteiger charge is -2.13. The summed E-state index contributed by atoms with van der Waals surface area (Å²) < 4.78 is 32.3. The van der Waals surface area contributed by atoms with Crippen LogP contribution in [0, 0.1) is 20.8 Å². The van der Waals surface area contributed by atoms with Crippen LogP contribution >= 0.6 is 12.4 Å². The summed E-state index contributed by atoms with van der Waals surface area (Å²) in [6.07, 6.45) is 0. The van der Waals surface area contributed by atoms with Gasteiger partial charge in [-0.3, -0.25) is 4.79 Å². The number of carbonyl (C=O) groups excluding carboxylic acids is 1. The molecule has 28 heavy (non-hydrogen) atoms. The maximum Gasteiger partial charge on any atom is 0.262 e. The number of hydrogen-bond acceptors (Lipinski definition) is 5. The number of amides is 1. The van der Waals surface area contributed by atoms with Gasteiger partial charge in [-0.05, 0) is 50.1 Å². The van der Waals surface area contributed by atoms with Crippen molar-refractivity contribution in [3.8, 4) is 5.75 Å². The molecule has 0 spiro atoms. The minimum atomic E-state index is -3.66. The van der Waals surface area contributed by atoms with Gasteiger partial charge in [0.25, 0.3) is 5.91 Å². The Morgan fingerprint density at radius 1 is 1.11 bits per heavy atom. The van der Waals surface area contributed by atoms with E-state index in [2.05, 4.69) is 10.0 Å². The molecular weight excluding hydrogens is 402 g/mol. The first kappa shape index (κ1) is 23.9. The van der Waals surface area contributed by atoms with Crippen LogP contribution in [0.4, 0.5) is 5.69 Å². The molecule has 9 heteroatoms. The van der Waals surface area contributed by atoms with Crippen LogP contribution in [0.15, 0.2) is 41.3 Å². The van der Waals surface area contributed by atoms with Crippen LogP contribution in [-0.2, 0) is 14.8 Å². The maximum atomic E-state index is 12.2. The molecule has 0 aromatic heterocycles. The summed E-state index contributed by atoms with van der Waals surface area (Å²) >= 11 is 0. The zero-order valence-corrected chi connectivity index (χ0v) is 17.7. The van der Waals surface area contributed by atoms with Crippen molar-refractivity contribution < 1.29 is 17.9 Å². The summed E-state index contributed by atoms with van der Waals surface area (Å²) in [5.41, 5.74) is 8.74. The molecule has 0 fully saturated rings. The SMILES string of the molecule is Cc1cc(C)c(OCC(=O)Nc2cccc(S(=O)(=O)NCCN)c2)c(C)c1.Cl. The minimum absolute atomic E-state index is 0. The second-order valence-corrected chi connectivity index (χ2v) is 8.05. The Kier molecular flexibility index (Phi) is 8.90. The molecule has 0 bridgehead atoms. The van der Waals surface area contributed by atoms with Gasteiger partial charge in [0, 0.05) is 18.8 Å². The van der Waals surface area contributed by atoms with Gasteiger partial charge in [0.1, 0.15) is 5.75 Å². The molecule has 0 saturated heterocycles. The van der Waals surface area contributed by atoms with Gasteiger partial charge in [0.15, 0.2) is 6.61 Å². The molecule has 154 valence electrons. The number of aryl methyl sites for hydroxylation is 3. The molecule has 0 atom stereocenters. The van der Waals surface area contributed by atoms with Crippen molar-refractivity contribution in [3.63, 3.8) is 0 Å². The third-order valence-electron chi connectivity index (χ3n) is 3.82. The van der Waals surface area contributed by atoms with E-state index < -0.39 is 10.0 Å². The molecule has 1 amide bonds. The summed E-state index contributed by atoms with van der Waals surface area (Å²) in [6, 6.07) is 9.99. The predicted molar refractivity (Wildman–Crippen MR) is 113 cm³/mol. The Hall–Kier alpha value is -2.13. The van der Waals surface area contributed by atoms with Crippen molar-refractivity contribution >= 4 is 34.0 Å². The quantitative estimate of drug-likeness (QED) is 0.598. The summed E-state index contributed by atoms with van der Waals surface area (Å²) in [7, 11) is -3.66. The molecule has 2 rings (SSSR count). The van der Waals surface area contributed by atoms with Crippen molar-refractivity contribution in [2.24, 2.45) is 5.73 Å². The van der Waals surface area contributed by atoms with Crippen LogP contribution in [0.1, 0.15) is 16.7 Å². The topological polar surface area (TPSA) is 111 Å². The fraction of sp³-hybridized carbons (Fsp3) is 0.316. The second-order valence-electron chi connectivity index (χ2n) is 6.28. The summed E-state index contributed by atoms with van der Waals surface area (Å²) in [6.45, 7) is 6.02. The number of ether oxygens (including phenoxy) is 1. The van der Waals surface area contributed by atoms with Crippen LogP contribution in [0.25, 0.3) is 0 Å². The van der Waals surface area contributed by atoms with Gasteiger partial charge >= 0.3 is 0 Å². The molecule has 0 unspecified atom stereocenters. The van der Waals surface area contributed by atoms with Crippen molar-refractivity contribution in [2.75, 3.05) is 25.0 Å². The van der Waals surface area contributed by atoms with Gasteiger partial charge in [-0.1, -0.05) is 23.8 Å². The molecule has 0 saturated carbocycles. The fourth-order valence-corrected chi connectivity index (χ4v) is 3.84. The zero-order valence-electron chi connectivity index (χ0n) is 16.1. The van der Waals surface area contributed by atoms with E-state index in [0.29, 0.717) is 11.4 Å². The highest BCUT2D eigenvalue weighted by Gasteiger charge is 2.14. The van der Waals surface area contributed by atoms with E-state index in [1.165, 1.54) is 12.1 Å². The van der Waals surface area contributed by atoms with Crippen LogP contribution in [0.5, 0.6) is 5.75 Å². The van der Waals surface area contributed by atoms with Crippen LogP contribution < -0.4 is 20.5 Å². The van der Waals surface area contributed by atoms with Gasteiger partial charge in [-0.2, -0.15) is 0 Å². The lowest BCUT2D eigenvalue weighted by atomic mass is 10.1. The molecule has 2 aromatic carbocycles. The van der Waals surface area contributed by atoms with Gasteiger partial charge in [0.2, 0.25) is 10.0 Å². The molecular formula is C19H26ClN3O4S. The Bertz CT molecular complexity index is 910. The molecule has 0 aliphatic carbocycles. The smallest absolute Gasteiger partial charge is 0.262 e. The second kappa shape index (κ2) is 10.4. The van der Waals surface area contributed by atoms with E-state index in [1.54, 1.807) is 12.1 Å². The van der Waals surface area contributed by atoms with Gasteiger partial charge < -0.3 is 15.8 Å². The number of hydrogen-bond donors (Lipinski definition) is 3. The van der Waals surface area contributed by atoms with Crippen LogP contribution in [0.2, 0.25) is 0 Å². The monoisotopic (exact) mass is 427 g/mol. The number of nitrogens with two attached hydrogens (primary N) is 1. The summed E-state index contributed by atoms with van der Waals surface area (Å²) in [4.78, 5) is 12.2. The minimum Gasteiger partial charge on any atom is -0.483 e. The zero-order chi connectivity index (χ0) is 20.0. The summed E-state index contributed by atoms with van der Waals surface area (Å²) in [5.74, 6) is 0.303. The Balaban J connectivity index is 0.00000392. The average molecular weight is 428 g/mol. The number of sulfonamides is 1. The Morgan fingerprint density at radius 2 is 1.75 bits per heavy atom. The van der Waals surface area contributed by atoms with Crippen molar-refractivity contribution in [1.82, 2.24) is 4.72 Å². The van der Waals surface area contributed by atoms with E-state index in [4.69, 9.17) is 10.5 Å². The molecule has 2 aromatic rings. The van der Waals surface area contributed by atoms with Crippen LogP contribution in [-0.4, -0.2) is 34.0 Å². The number of rotatable bonds is 8. The van der Waals surface area contributed by atoms with E-state index in [9.17, 15) is 13.2 Å². The number of benzene rings is 2. The van der Waals surface area contributed by atoms with Crippen molar-refractivity contribution in [3.05, 3.63) is 53.1 Å². The first-order chi connectivity index (χ1) is 12.7. The van der Waals surface area contributed by atoms with E-state index in [1.807, 2.05) is 32.9 Å². The molecule has 7 nitrogen and oxygen atoms in total. The van der Waals surface area contributed by atoms with Crippen molar-refractivity contribution in [2.45, 2.75) is 25.7 Å². The molecule has 0 radical (unpaired) electrons. The third kappa shape index (κ3) is 6.49. The molecule has 0 aliphatic heterocycles. The molecule has 4 N–H and O–H groups in total. The third-order valence-corrected chi connectivity index (χ3v) is 5.28. The number of anilines is 1. The molecule has 0 aliphatic rings. The molecule has 0 heterocycles. The fourth-order valence-electron chi connectivity index (χ4n) is 2.75. The van der Waals surface area contributed by atoms with Crippen LogP contribution in [0.3, 0.4) is 0 Å². The highest BCUT2D eigenvalue weighted by atomic mass is 35.5. The highest BCUT2D eigenvalue weighted by Crippen LogP contribution is 2.24. The predicted octanol–water partition coefficient (Wildman–Crippen LogP) is 2.29. The standard InChI is InChI=1S/C19H25N3O4S.ClH/c1-13-9-14(2)19(15(3)10-13)26-12-18(23)22-16-5-4-6-17(11-16)27(24,25)21-8-7-20;/h4-6,9-11,21H,7-8,12,20H2,1-3H3,(H,22,23);1H. The lowest BCUT2D eigenvalue weighted by Crippen LogP contribution is -2.29. The Labute approximate surface area is 172 Å². The van der Waals surface area contributed by atoms with E-state index >= 15 is 0 Å². The lowest BCUT2D eigenvalue weighted by molar-refractivity contribution is -0.118.